The van der Waals surface area contributed by atoms with Gasteiger partial charge in [-0.1, -0.05) is 12.1 Å². The van der Waals surface area contributed by atoms with Gasteiger partial charge in [-0.2, -0.15) is 5.10 Å². The van der Waals surface area contributed by atoms with E-state index < -0.39 is 0 Å². The molecule has 0 unspecified atom stereocenters. The minimum atomic E-state index is 0.797. The number of fused-ring (bicyclic) bond motifs is 1. The van der Waals surface area contributed by atoms with E-state index in [1.807, 2.05) is 18.3 Å². The van der Waals surface area contributed by atoms with Gasteiger partial charge in [0.15, 0.2) is 0 Å². The number of benzene rings is 1. The van der Waals surface area contributed by atoms with Gasteiger partial charge in [-0.15, -0.1) is 0 Å². The molecule has 4 heteroatoms. The second-order valence-corrected chi connectivity index (χ2v) is 4.22. The second kappa shape index (κ2) is 4.98. The predicted octanol–water partition coefficient (Wildman–Crippen LogP) is 2.25. The van der Waals surface area contributed by atoms with Crippen molar-refractivity contribution in [1.29, 1.82) is 0 Å². The fraction of sp³-hybridized carbons (Fsp3) is 0.143. The average molecular weight is 238 g/mol. The summed E-state index contributed by atoms with van der Waals surface area (Å²) in [5, 5.41) is 11.4. The largest absolute Gasteiger partial charge is 0.307 e. The molecule has 0 bridgehead atoms. The van der Waals surface area contributed by atoms with Crippen molar-refractivity contribution in [1.82, 2.24) is 20.5 Å². The Morgan fingerprint density at radius 2 is 2.06 bits per heavy atom. The maximum atomic E-state index is 4.31. The summed E-state index contributed by atoms with van der Waals surface area (Å²) in [4.78, 5) is 4.31. The predicted molar refractivity (Wildman–Crippen MR) is 70.9 cm³/mol. The molecular weight excluding hydrogens is 224 g/mol. The Hall–Kier alpha value is -2.20. The number of rotatable bonds is 4. The highest BCUT2D eigenvalue weighted by Crippen LogP contribution is 2.13. The van der Waals surface area contributed by atoms with E-state index in [2.05, 4.69) is 44.8 Å². The number of pyridine rings is 1. The summed E-state index contributed by atoms with van der Waals surface area (Å²) in [6.45, 7) is 1.63. The summed E-state index contributed by atoms with van der Waals surface area (Å²) < 4.78 is 0. The number of hydrogen-bond acceptors (Lipinski definition) is 3. The van der Waals surface area contributed by atoms with Gasteiger partial charge in [0.2, 0.25) is 0 Å². The normalized spacial score (nSPS) is 10.9. The molecule has 2 aromatic heterocycles. The molecule has 18 heavy (non-hydrogen) atoms. The van der Waals surface area contributed by atoms with E-state index in [1.165, 1.54) is 10.9 Å². The van der Waals surface area contributed by atoms with Crippen LogP contribution >= 0.6 is 0 Å². The Morgan fingerprint density at radius 3 is 2.94 bits per heavy atom. The Bertz CT molecular complexity index is 631. The number of nitrogens with one attached hydrogen (secondary N) is 2. The fourth-order valence-corrected chi connectivity index (χ4v) is 1.96. The van der Waals surface area contributed by atoms with Gasteiger partial charge in [0.05, 0.1) is 5.52 Å². The standard InChI is InChI=1S/C14H14N4/c1-2-12-8-11(3-4-14(12)16-6-1)9-15-10-13-5-7-17-18-13/h1-8,15H,9-10H2,(H,17,18). The second-order valence-electron chi connectivity index (χ2n) is 4.22. The van der Waals surface area contributed by atoms with E-state index in [-0.39, 0.29) is 0 Å². The quantitative estimate of drug-likeness (QED) is 0.733. The van der Waals surface area contributed by atoms with Crippen molar-refractivity contribution in [2.24, 2.45) is 0 Å². The van der Waals surface area contributed by atoms with E-state index in [4.69, 9.17) is 0 Å². The molecule has 90 valence electrons. The number of hydrogen-bond donors (Lipinski definition) is 2. The van der Waals surface area contributed by atoms with Crippen molar-refractivity contribution >= 4 is 10.9 Å². The van der Waals surface area contributed by atoms with Crippen molar-refractivity contribution in [2.75, 3.05) is 0 Å². The SMILES string of the molecule is c1cnc2ccc(CNCc3ccn[nH]3)cc2c1. The Kier molecular flexibility index (Phi) is 3.02. The average Bonchev–Trinajstić information content (AvgIpc) is 2.92. The molecule has 0 atom stereocenters. The summed E-state index contributed by atoms with van der Waals surface area (Å²) in [7, 11) is 0. The van der Waals surface area contributed by atoms with Crippen LogP contribution in [0.2, 0.25) is 0 Å². The third kappa shape index (κ3) is 2.38. The van der Waals surface area contributed by atoms with Crippen LogP contribution in [-0.2, 0) is 13.1 Å². The zero-order valence-electron chi connectivity index (χ0n) is 9.93. The van der Waals surface area contributed by atoms with Gasteiger partial charge in [-0.3, -0.25) is 10.1 Å². The third-order valence-corrected chi connectivity index (χ3v) is 2.87. The molecule has 4 nitrogen and oxygen atoms in total. The van der Waals surface area contributed by atoms with Gasteiger partial charge in [0.25, 0.3) is 0 Å². The van der Waals surface area contributed by atoms with Crippen molar-refractivity contribution in [3.05, 3.63) is 60.0 Å². The van der Waals surface area contributed by atoms with Crippen LogP contribution in [0.3, 0.4) is 0 Å². The lowest BCUT2D eigenvalue weighted by Gasteiger charge is -2.04. The maximum absolute atomic E-state index is 4.31. The number of aromatic amines is 1. The molecule has 0 amide bonds. The minimum absolute atomic E-state index is 0.797. The molecule has 0 aliphatic carbocycles. The summed E-state index contributed by atoms with van der Waals surface area (Å²) in [5.41, 5.74) is 3.39. The molecule has 0 spiro atoms. The fourth-order valence-electron chi connectivity index (χ4n) is 1.96. The molecular formula is C14H14N4. The smallest absolute Gasteiger partial charge is 0.0702 e. The first-order valence-corrected chi connectivity index (χ1v) is 5.94. The number of nitrogens with zero attached hydrogens (tertiary/aromatic N) is 2. The molecule has 0 saturated carbocycles. The Labute approximate surface area is 105 Å². The van der Waals surface area contributed by atoms with Gasteiger partial charge in [0, 0.05) is 36.6 Å². The van der Waals surface area contributed by atoms with E-state index in [0.717, 1.165) is 24.3 Å². The first kappa shape index (κ1) is 10.9. The van der Waals surface area contributed by atoms with Crippen LogP contribution < -0.4 is 5.32 Å². The van der Waals surface area contributed by atoms with Crippen LogP contribution in [0.1, 0.15) is 11.3 Å². The molecule has 1 aromatic carbocycles. The number of aromatic nitrogens is 3. The molecule has 0 aliphatic rings. The van der Waals surface area contributed by atoms with Crippen LogP contribution in [0.5, 0.6) is 0 Å². The van der Waals surface area contributed by atoms with E-state index in [0.29, 0.717) is 0 Å². The maximum Gasteiger partial charge on any atom is 0.0702 e. The van der Waals surface area contributed by atoms with Gasteiger partial charge in [-0.05, 0) is 29.8 Å². The van der Waals surface area contributed by atoms with Crippen LogP contribution in [-0.4, -0.2) is 15.2 Å². The monoisotopic (exact) mass is 238 g/mol. The van der Waals surface area contributed by atoms with Crippen molar-refractivity contribution in [3.63, 3.8) is 0 Å². The van der Waals surface area contributed by atoms with Crippen molar-refractivity contribution < 1.29 is 0 Å². The molecule has 3 rings (SSSR count). The van der Waals surface area contributed by atoms with Crippen LogP contribution in [0.25, 0.3) is 10.9 Å². The van der Waals surface area contributed by atoms with E-state index in [9.17, 15) is 0 Å². The number of H-pyrrole nitrogens is 1. The summed E-state index contributed by atoms with van der Waals surface area (Å²) in [6.07, 6.45) is 3.58. The molecule has 2 heterocycles. The molecule has 0 fully saturated rings. The van der Waals surface area contributed by atoms with E-state index >= 15 is 0 Å². The van der Waals surface area contributed by atoms with Crippen LogP contribution in [0.15, 0.2) is 48.8 Å². The highest BCUT2D eigenvalue weighted by molar-refractivity contribution is 5.78. The summed E-state index contributed by atoms with van der Waals surface area (Å²) in [6, 6.07) is 12.3. The molecule has 2 N–H and O–H groups in total. The van der Waals surface area contributed by atoms with E-state index in [1.54, 1.807) is 6.20 Å². The third-order valence-electron chi connectivity index (χ3n) is 2.87. The van der Waals surface area contributed by atoms with Gasteiger partial charge in [-0.25, -0.2) is 0 Å². The Morgan fingerprint density at radius 1 is 1.06 bits per heavy atom. The lowest BCUT2D eigenvalue weighted by atomic mass is 10.1. The molecule has 0 radical (unpaired) electrons. The molecule has 3 aromatic rings. The van der Waals surface area contributed by atoms with Gasteiger partial charge < -0.3 is 5.32 Å². The Balaban J connectivity index is 1.67. The lowest BCUT2D eigenvalue weighted by Crippen LogP contribution is -2.12. The topological polar surface area (TPSA) is 53.6 Å². The van der Waals surface area contributed by atoms with Crippen molar-refractivity contribution in [3.8, 4) is 0 Å². The van der Waals surface area contributed by atoms with Gasteiger partial charge in [0.1, 0.15) is 0 Å². The van der Waals surface area contributed by atoms with Crippen LogP contribution in [0.4, 0.5) is 0 Å². The molecule has 0 aliphatic heterocycles. The zero-order valence-corrected chi connectivity index (χ0v) is 9.93. The highest BCUT2D eigenvalue weighted by atomic mass is 15.1. The molecule has 0 saturated heterocycles. The lowest BCUT2D eigenvalue weighted by molar-refractivity contribution is 0.678. The zero-order chi connectivity index (χ0) is 12.2. The van der Waals surface area contributed by atoms with Gasteiger partial charge >= 0.3 is 0 Å². The van der Waals surface area contributed by atoms with Crippen molar-refractivity contribution in [2.45, 2.75) is 13.1 Å². The van der Waals surface area contributed by atoms with Crippen LogP contribution in [0, 0.1) is 0 Å². The summed E-state index contributed by atoms with van der Waals surface area (Å²) in [5.74, 6) is 0. The highest BCUT2D eigenvalue weighted by Gasteiger charge is 1.98. The first-order chi connectivity index (χ1) is 8.92. The first-order valence-electron chi connectivity index (χ1n) is 5.94. The minimum Gasteiger partial charge on any atom is -0.307 e. The summed E-state index contributed by atoms with van der Waals surface area (Å²) >= 11 is 0.